The van der Waals surface area contributed by atoms with E-state index < -0.39 is 0 Å². The minimum Gasteiger partial charge on any atom is -0.508 e. The first-order valence-electron chi connectivity index (χ1n) is 7.27. The summed E-state index contributed by atoms with van der Waals surface area (Å²) in [6, 6.07) is 15.6. The number of para-hydroxylation sites is 1. The number of fused-ring (bicyclic) bond motifs is 1. The number of pyridine rings is 1. The molecule has 1 aromatic heterocycles. The third-order valence-electron chi connectivity index (χ3n) is 3.59. The molecule has 5 heteroatoms. The van der Waals surface area contributed by atoms with Crippen molar-refractivity contribution in [3.05, 3.63) is 76.1 Å². The Morgan fingerprint density at radius 1 is 1.09 bits per heavy atom. The quantitative estimate of drug-likeness (QED) is 0.690. The second-order valence-electron chi connectivity index (χ2n) is 5.33. The molecule has 0 spiro atoms. The Bertz CT molecular complexity index is 915. The molecule has 0 radical (unpaired) electrons. The zero-order chi connectivity index (χ0) is 16.2. The fraction of sp³-hybridized carbons (Fsp3) is 0.111. The number of carbonyl (C=O) groups excluding carboxylic acids is 1. The monoisotopic (exact) mass is 308 g/mol. The average Bonchev–Trinajstić information content (AvgIpc) is 2.52. The van der Waals surface area contributed by atoms with Crippen molar-refractivity contribution >= 4 is 16.8 Å². The van der Waals surface area contributed by atoms with E-state index in [9.17, 15) is 14.7 Å². The highest BCUT2D eigenvalue weighted by Crippen LogP contribution is 2.14. The number of benzene rings is 2. The lowest BCUT2D eigenvalue weighted by Gasteiger charge is -2.08. The molecule has 0 aliphatic heterocycles. The number of nitrogens with one attached hydrogen (secondary N) is 2. The van der Waals surface area contributed by atoms with E-state index in [4.69, 9.17) is 0 Å². The fourth-order valence-corrected chi connectivity index (χ4v) is 2.53. The number of carbonyl (C=O) groups is 1. The Balaban J connectivity index is 1.73. The van der Waals surface area contributed by atoms with Crippen LogP contribution in [0.2, 0.25) is 0 Å². The molecular weight excluding hydrogens is 292 g/mol. The minimum atomic E-state index is -0.194. The lowest BCUT2D eigenvalue weighted by Crippen LogP contribution is -2.25. The van der Waals surface area contributed by atoms with Crippen LogP contribution in [0.1, 0.15) is 11.1 Å². The predicted octanol–water partition coefficient (Wildman–Crippen LogP) is 2.09. The molecule has 1 heterocycles. The van der Waals surface area contributed by atoms with Gasteiger partial charge in [0.25, 0.3) is 0 Å². The molecule has 116 valence electrons. The highest BCUT2D eigenvalue weighted by molar-refractivity contribution is 5.83. The van der Waals surface area contributed by atoms with Crippen molar-refractivity contribution in [1.82, 2.24) is 10.3 Å². The summed E-state index contributed by atoms with van der Waals surface area (Å²) in [7, 11) is 0. The van der Waals surface area contributed by atoms with E-state index in [-0.39, 0.29) is 30.2 Å². The maximum absolute atomic E-state index is 12.0. The van der Waals surface area contributed by atoms with E-state index in [1.807, 2.05) is 24.3 Å². The molecule has 3 aromatic rings. The molecule has 0 atom stereocenters. The van der Waals surface area contributed by atoms with E-state index in [0.29, 0.717) is 0 Å². The molecule has 3 rings (SSSR count). The average molecular weight is 308 g/mol. The Morgan fingerprint density at radius 3 is 2.74 bits per heavy atom. The van der Waals surface area contributed by atoms with Crippen LogP contribution in [-0.2, 0) is 17.8 Å². The molecule has 1 amide bonds. The van der Waals surface area contributed by atoms with Crippen LogP contribution in [-0.4, -0.2) is 16.0 Å². The number of rotatable bonds is 4. The van der Waals surface area contributed by atoms with Crippen LogP contribution in [0.4, 0.5) is 0 Å². The molecule has 0 aliphatic rings. The Kier molecular flexibility index (Phi) is 4.10. The molecule has 2 aromatic carbocycles. The van der Waals surface area contributed by atoms with Crippen molar-refractivity contribution < 1.29 is 9.90 Å². The first-order valence-corrected chi connectivity index (χ1v) is 7.27. The van der Waals surface area contributed by atoms with Gasteiger partial charge in [-0.1, -0.05) is 30.3 Å². The highest BCUT2D eigenvalue weighted by atomic mass is 16.3. The van der Waals surface area contributed by atoms with E-state index >= 15 is 0 Å². The summed E-state index contributed by atoms with van der Waals surface area (Å²) < 4.78 is 0. The van der Waals surface area contributed by atoms with Gasteiger partial charge in [0, 0.05) is 23.5 Å². The molecule has 0 aliphatic carbocycles. The van der Waals surface area contributed by atoms with Gasteiger partial charge in [-0.3, -0.25) is 9.59 Å². The third-order valence-corrected chi connectivity index (χ3v) is 3.59. The number of phenols is 1. The van der Waals surface area contributed by atoms with Gasteiger partial charge in [-0.2, -0.15) is 0 Å². The number of aromatic nitrogens is 1. The normalized spacial score (nSPS) is 10.6. The van der Waals surface area contributed by atoms with Crippen LogP contribution in [0.25, 0.3) is 10.9 Å². The molecule has 0 fully saturated rings. The van der Waals surface area contributed by atoms with E-state index in [2.05, 4.69) is 10.3 Å². The summed E-state index contributed by atoms with van der Waals surface area (Å²) in [4.78, 5) is 26.5. The molecule has 0 saturated carbocycles. The Hall–Kier alpha value is -3.08. The van der Waals surface area contributed by atoms with Gasteiger partial charge in [-0.15, -0.1) is 0 Å². The van der Waals surface area contributed by atoms with E-state index in [1.54, 1.807) is 24.3 Å². The van der Waals surface area contributed by atoms with Crippen molar-refractivity contribution in [1.29, 1.82) is 0 Å². The van der Waals surface area contributed by atoms with Gasteiger partial charge in [0.1, 0.15) is 5.75 Å². The second-order valence-corrected chi connectivity index (χ2v) is 5.33. The number of phenolic OH excluding ortho intramolecular Hbond substituents is 1. The van der Waals surface area contributed by atoms with Crippen molar-refractivity contribution in [3.63, 3.8) is 0 Å². The van der Waals surface area contributed by atoms with Crippen LogP contribution in [0.15, 0.2) is 59.4 Å². The van der Waals surface area contributed by atoms with Crippen LogP contribution < -0.4 is 10.9 Å². The fourth-order valence-electron chi connectivity index (χ4n) is 2.53. The number of amides is 1. The zero-order valence-electron chi connectivity index (χ0n) is 12.4. The van der Waals surface area contributed by atoms with Crippen molar-refractivity contribution in [2.75, 3.05) is 0 Å². The zero-order valence-corrected chi connectivity index (χ0v) is 12.4. The van der Waals surface area contributed by atoms with E-state index in [0.717, 1.165) is 22.0 Å². The van der Waals surface area contributed by atoms with Gasteiger partial charge in [0.15, 0.2) is 0 Å². The van der Waals surface area contributed by atoms with Gasteiger partial charge < -0.3 is 15.4 Å². The summed E-state index contributed by atoms with van der Waals surface area (Å²) in [5, 5.41) is 13.1. The summed E-state index contributed by atoms with van der Waals surface area (Å²) in [5.74, 6) is -0.0316. The number of H-pyrrole nitrogens is 1. The maximum Gasteiger partial charge on any atom is 0.248 e. The Labute approximate surface area is 132 Å². The lowest BCUT2D eigenvalue weighted by atomic mass is 10.1. The van der Waals surface area contributed by atoms with Crippen molar-refractivity contribution in [2.45, 2.75) is 13.0 Å². The highest BCUT2D eigenvalue weighted by Gasteiger charge is 2.07. The molecule has 0 bridgehead atoms. The summed E-state index contributed by atoms with van der Waals surface area (Å²) in [6.45, 7) is 0.280. The summed E-state index contributed by atoms with van der Waals surface area (Å²) >= 11 is 0. The van der Waals surface area contributed by atoms with Crippen molar-refractivity contribution in [3.8, 4) is 5.75 Å². The molecule has 23 heavy (non-hydrogen) atoms. The smallest absolute Gasteiger partial charge is 0.248 e. The minimum absolute atomic E-state index is 0.135. The van der Waals surface area contributed by atoms with Gasteiger partial charge in [0.2, 0.25) is 11.5 Å². The molecule has 0 saturated heterocycles. The summed E-state index contributed by atoms with van der Waals surface area (Å²) in [6.07, 6.45) is 0.176. The second kappa shape index (κ2) is 6.36. The number of hydrogen-bond acceptors (Lipinski definition) is 3. The summed E-state index contributed by atoms with van der Waals surface area (Å²) in [5.41, 5.74) is 2.06. The van der Waals surface area contributed by atoms with Gasteiger partial charge in [-0.25, -0.2) is 0 Å². The van der Waals surface area contributed by atoms with Gasteiger partial charge in [-0.05, 0) is 29.3 Å². The molecule has 0 unspecified atom stereocenters. The molecule has 3 N–H and O–H groups in total. The van der Waals surface area contributed by atoms with E-state index in [1.165, 1.54) is 6.07 Å². The van der Waals surface area contributed by atoms with Crippen LogP contribution in [0.3, 0.4) is 0 Å². The lowest BCUT2D eigenvalue weighted by molar-refractivity contribution is -0.120. The van der Waals surface area contributed by atoms with Crippen LogP contribution in [0.5, 0.6) is 5.75 Å². The Morgan fingerprint density at radius 2 is 1.91 bits per heavy atom. The topological polar surface area (TPSA) is 82.2 Å². The number of aromatic amines is 1. The van der Waals surface area contributed by atoms with Crippen molar-refractivity contribution in [2.24, 2.45) is 0 Å². The van der Waals surface area contributed by atoms with Gasteiger partial charge in [0.05, 0.1) is 6.42 Å². The van der Waals surface area contributed by atoms with Crippen LogP contribution in [0, 0.1) is 0 Å². The SMILES string of the molecule is O=C(Cc1cccc(O)c1)NCc1cc(=O)[nH]c2ccccc12. The predicted molar refractivity (Wildman–Crippen MR) is 88.2 cm³/mol. The first-order chi connectivity index (χ1) is 11.1. The number of hydrogen-bond donors (Lipinski definition) is 3. The standard InChI is InChI=1S/C18H16N2O3/c21-14-5-3-4-12(8-14)9-17(22)19-11-13-10-18(23)20-16-7-2-1-6-15(13)16/h1-8,10,21H,9,11H2,(H,19,22)(H,20,23). The maximum atomic E-state index is 12.0. The largest absolute Gasteiger partial charge is 0.508 e. The third kappa shape index (κ3) is 3.58. The molecule has 5 nitrogen and oxygen atoms in total. The van der Waals surface area contributed by atoms with Gasteiger partial charge >= 0.3 is 0 Å². The first kappa shape index (κ1) is 14.8. The number of aromatic hydroxyl groups is 1. The molecular formula is C18H16N2O3. The van der Waals surface area contributed by atoms with Crippen LogP contribution >= 0.6 is 0 Å².